The molecule has 1 aromatic carbocycles. The van der Waals surface area contributed by atoms with Crippen molar-refractivity contribution >= 4 is 17.2 Å². The normalized spacial score (nSPS) is 10.3. The molecule has 0 aliphatic carbocycles. The Kier molecular flexibility index (Phi) is 3.01. The molecule has 0 bridgehead atoms. The van der Waals surface area contributed by atoms with E-state index in [9.17, 15) is 0 Å². The van der Waals surface area contributed by atoms with Crippen molar-refractivity contribution in [2.75, 3.05) is 0 Å². The highest BCUT2D eigenvalue weighted by Crippen LogP contribution is 2.21. The molecular formula is C12H12N2OS. The van der Waals surface area contributed by atoms with E-state index in [1.54, 1.807) is 0 Å². The third kappa shape index (κ3) is 2.28. The van der Waals surface area contributed by atoms with Crippen LogP contribution in [0.1, 0.15) is 11.5 Å². The first-order valence-electron chi connectivity index (χ1n) is 4.97. The summed E-state index contributed by atoms with van der Waals surface area (Å²) in [5.74, 6) is 1.39. The number of nitrogens with zero attached hydrogens (tertiary/aromatic N) is 1. The van der Waals surface area contributed by atoms with Gasteiger partial charge in [-0.15, -0.1) is 0 Å². The fourth-order valence-corrected chi connectivity index (χ4v) is 1.60. The van der Waals surface area contributed by atoms with Crippen molar-refractivity contribution in [3.63, 3.8) is 0 Å². The number of nitrogens with two attached hydrogens (primary N) is 1. The van der Waals surface area contributed by atoms with Crippen LogP contribution in [-0.4, -0.2) is 9.97 Å². The van der Waals surface area contributed by atoms with Crippen molar-refractivity contribution in [2.24, 2.45) is 5.73 Å². The van der Waals surface area contributed by atoms with Gasteiger partial charge in [0.1, 0.15) is 5.76 Å². The summed E-state index contributed by atoms with van der Waals surface area (Å²) in [6.07, 6.45) is 0.484. The molecule has 0 unspecified atom stereocenters. The zero-order valence-corrected chi connectivity index (χ0v) is 9.75. The van der Waals surface area contributed by atoms with Gasteiger partial charge in [-0.1, -0.05) is 30.4 Å². The first-order chi connectivity index (χ1) is 7.66. The van der Waals surface area contributed by atoms with Gasteiger partial charge in [-0.25, -0.2) is 4.98 Å². The summed E-state index contributed by atoms with van der Waals surface area (Å²) in [7, 11) is 0. The molecule has 82 valence electrons. The molecule has 4 heteroatoms. The number of hydrogen-bond acceptors (Lipinski definition) is 3. The number of oxazole rings is 1. The summed E-state index contributed by atoms with van der Waals surface area (Å²) in [4.78, 5) is 4.81. The highest BCUT2D eigenvalue weighted by Gasteiger charge is 2.11. The predicted octanol–water partition coefficient (Wildman–Crippen LogP) is 2.48. The lowest BCUT2D eigenvalue weighted by molar-refractivity contribution is 0.540. The Labute approximate surface area is 99.3 Å². The molecular weight excluding hydrogens is 220 g/mol. The van der Waals surface area contributed by atoms with E-state index in [-0.39, 0.29) is 0 Å². The predicted molar refractivity (Wildman–Crippen MR) is 67.2 cm³/mol. The Morgan fingerprint density at radius 2 is 2.06 bits per heavy atom. The van der Waals surface area contributed by atoms with Crippen LogP contribution in [0.2, 0.25) is 0 Å². The minimum absolute atomic E-state index is 0.427. The second-order valence-electron chi connectivity index (χ2n) is 3.53. The highest BCUT2D eigenvalue weighted by atomic mass is 32.1. The summed E-state index contributed by atoms with van der Waals surface area (Å²) < 4.78 is 5.58. The fraction of sp³-hybridized carbons (Fsp3) is 0.167. The van der Waals surface area contributed by atoms with E-state index in [0.717, 1.165) is 17.0 Å². The van der Waals surface area contributed by atoms with Gasteiger partial charge < -0.3 is 10.2 Å². The van der Waals surface area contributed by atoms with Gasteiger partial charge in [0.25, 0.3) is 0 Å². The van der Waals surface area contributed by atoms with Gasteiger partial charge in [0.2, 0.25) is 5.89 Å². The maximum Gasteiger partial charge on any atom is 0.226 e. The van der Waals surface area contributed by atoms with Crippen LogP contribution in [0.4, 0.5) is 0 Å². The molecule has 2 aromatic rings. The van der Waals surface area contributed by atoms with Gasteiger partial charge in [-0.2, -0.15) is 0 Å². The molecule has 0 spiro atoms. The van der Waals surface area contributed by atoms with Crippen molar-refractivity contribution < 1.29 is 4.42 Å². The molecule has 0 aliphatic heterocycles. The van der Waals surface area contributed by atoms with Crippen LogP contribution >= 0.6 is 12.2 Å². The lowest BCUT2D eigenvalue weighted by Crippen LogP contribution is -2.11. The van der Waals surface area contributed by atoms with Crippen molar-refractivity contribution in [3.8, 4) is 11.5 Å². The van der Waals surface area contributed by atoms with Crippen molar-refractivity contribution in [1.29, 1.82) is 0 Å². The van der Waals surface area contributed by atoms with Gasteiger partial charge in [0.05, 0.1) is 10.7 Å². The van der Waals surface area contributed by atoms with Crippen LogP contribution in [-0.2, 0) is 6.42 Å². The molecule has 3 nitrogen and oxygen atoms in total. The van der Waals surface area contributed by atoms with Gasteiger partial charge in [-0.05, 0) is 19.1 Å². The van der Waals surface area contributed by atoms with Gasteiger partial charge in [-0.3, -0.25) is 0 Å². The third-order valence-electron chi connectivity index (χ3n) is 2.26. The number of hydrogen-bond donors (Lipinski definition) is 1. The van der Waals surface area contributed by atoms with Crippen LogP contribution in [0.25, 0.3) is 11.5 Å². The van der Waals surface area contributed by atoms with Crippen LogP contribution in [0.3, 0.4) is 0 Å². The average Bonchev–Trinajstić information content (AvgIpc) is 2.61. The van der Waals surface area contributed by atoms with Gasteiger partial charge in [0, 0.05) is 12.0 Å². The molecule has 0 atom stereocenters. The molecule has 0 saturated heterocycles. The molecule has 0 radical (unpaired) electrons. The Bertz CT molecular complexity index is 505. The topological polar surface area (TPSA) is 52.0 Å². The quantitative estimate of drug-likeness (QED) is 0.826. The minimum Gasteiger partial charge on any atom is -0.441 e. The summed E-state index contributed by atoms with van der Waals surface area (Å²) in [6.45, 7) is 1.87. The SMILES string of the molecule is Cc1oc(-c2ccccc2)nc1CC(N)=S. The summed E-state index contributed by atoms with van der Waals surface area (Å²) in [5, 5.41) is 0. The Balaban J connectivity index is 2.34. The monoisotopic (exact) mass is 232 g/mol. The molecule has 2 rings (SSSR count). The largest absolute Gasteiger partial charge is 0.441 e. The number of thiocarbonyl (C=S) groups is 1. The Morgan fingerprint density at radius 3 is 2.69 bits per heavy atom. The van der Waals surface area contributed by atoms with Crippen molar-refractivity contribution in [1.82, 2.24) is 4.98 Å². The second-order valence-corrected chi connectivity index (χ2v) is 4.06. The van der Waals surface area contributed by atoms with Crippen molar-refractivity contribution in [3.05, 3.63) is 41.8 Å². The van der Waals surface area contributed by atoms with Gasteiger partial charge >= 0.3 is 0 Å². The molecule has 1 heterocycles. The molecule has 0 fully saturated rings. The number of benzene rings is 1. The standard InChI is InChI=1S/C12H12N2OS/c1-8-10(7-11(13)16)14-12(15-8)9-5-3-2-4-6-9/h2-6H,7H2,1H3,(H2,13,16). The maximum absolute atomic E-state index is 5.58. The summed E-state index contributed by atoms with van der Waals surface area (Å²) in [5.41, 5.74) is 7.26. The number of aromatic nitrogens is 1. The summed E-state index contributed by atoms with van der Waals surface area (Å²) >= 11 is 4.86. The average molecular weight is 232 g/mol. The minimum atomic E-state index is 0.427. The van der Waals surface area contributed by atoms with Crippen LogP contribution in [0, 0.1) is 6.92 Å². The van der Waals surface area contributed by atoms with E-state index in [2.05, 4.69) is 4.98 Å². The molecule has 0 saturated carbocycles. The molecule has 16 heavy (non-hydrogen) atoms. The number of aryl methyl sites for hydroxylation is 1. The van der Waals surface area contributed by atoms with E-state index in [1.165, 1.54) is 0 Å². The fourth-order valence-electron chi connectivity index (χ4n) is 1.46. The smallest absolute Gasteiger partial charge is 0.226 e. The lowest BCUT2D eigenvalue weighted by atomic mass is 10.2. The highest BCUT2D eigenvalue weighted by molar-refractivity contribution is 7.80. The van der Waals surface area contributed by atoms with E-state index >= 15 is 0 Å². The molecule has 0 amide bonds. The number of rotatable bonds is 3. The van der Waals surface area contributed by atoms with E-state index in [1.807, 2.05) is 37.3 Å². The lowest BCUT2D eigenvalue weighted by Gasteiger charge is -1.92. The van der Waals surface area contributed by atoms with Crippen molar-refractivity contribution in [2.45, 2.75) is 13.3 Å². The third-order valence-corrected chi connectivity index (χ3v) is 2.40. The summed E-state index contributed by atoms with van der Waals surface area (Å²) in [6, 6.07) is 9.76. The van der Waals surface area contributed by atoms with Crippen LogP contribution in [0.15, 0.2) is 34.7 Å². The van der Waals surface area contributed by atoms with Crippen LogP contribution < -0.4 is 5.73 Å². The first kappa shape index (κ1) is 10.8. The maximum atomic E-state index is 5.58. The molecule has 2 N–H and O–H groups in total. The first-order valence-corrected chi connectivity index (χ1v) is 5.37. The molecule has 1 aromatic heterocycles. The van der Waals surface area contributed by atoms with Gasteiger partial charge in [0.15, 0.2) is 0 Å². The van der Waals surface area contributed by atoms with Crippen LogP contribution in [0.5, 0.6) is 0 Å². The second kappa shape index (κ2) is 4.45. The Hall–Kier alpha value is -1.68. The Morgan fingerprint density at radius 1 is 1.38 bits per heavy atom. The zero-order valence-electron chi connectivity index (χ0n) is 8.93. The zero-order chi connectivity index (χ0) is 11.5. The van der Waals surface area contributed by atoms with E-state index in [4.69, 9.17) is 22.4 Å². The van der Waals surface area contributed by atoms with E-state index in [0.29, 0.717) is 17.3 Å². The van der Waals surface area contributed by atoms with E-state index < -0.39 is 0 Å². The molecule has 0 aliphatic rings.